The van der Waals surface area contributed by atoms with Crippen molar-refractivity contribution in [3.05, 3.63) is 77.0 Å². The fraction of sp³-hybridized carbons (Fsp3) is 0.286. The van der Waals surface area contributed by atoms with Crippen LogP contribution >= 0.6 is 0 Å². The Bertz CT molecular complexity index is 1700. The first-order valence-corrected chi connectivity index (χ1v) is 12.5. The van der Waals surface area contributed by atoms with Gasteiger partial charge in [-0.2, -0.15) is 22.0 Å². The molecule has 1 amide bonds. The van der Waals surface area contributed by atoms with Gasteiger partial charge < -0.3 is 25.0 Å². The van der Waals surface area contributed by atoms with Gasteiger partial charge in [0.25, 0.3) is 5.91 Å². The molecule has 0 saturated heterocycles. The molecule has 0 spiro atoms. The molecule has 0 bridgehead atoms. The summed E-state index contributed by atoms with van der Waals surface area (Å²) >= 11 is 0. The molecule has 4 rings (SSSR count). The summed E-state index contributed by atoms with van der Waals surface area (Å²) < 4.78 is 107. The van der Waals surface area contributed by atoms with Crippen LogP contribution in [0.4, 0.5) is 30.7 Å². The molecule has 2 heterocycles. The Balaban J connectivity index is 1.77. The minimum absolute atomic E-state index is 0.00481. The number of halogens is 7. The summed E-state index contributed by atoms with van der Waals surface area (Å²) in [5, 5.41) is 30.6. The maximum atomic E-state index is 15.4. The van der Waals surface area contributed by atoms with Gasteiger partial charge in [-0.25, -0.2) is 13.8 Å². The quantitative estimate of drug-likeness (QED) is 0.222. The molecule has 2 aromatic carbocycles. The number of hydrogen-bond acceptors (Lipinski definition) is 8. The van der Waals surface area contributed by atoms with Crippen molar-refractivity contribution in [1.29, 1.82) is 0 Å². The first-order chi connectivity index (χ1) is 20.4. The van der Waals surface area contributed by atoms with Crippen LogP contribution in [0.25, 0.3) is 22.2 Å². The number of pyridine rings is 1. The fourth-order valence-electron chi connectivity index (χ4n) is 4.17. The number of hydrogen-bond donors (Lipinski definition) is 3. The number of aliphatic hydroxyl groups is 2. The standard InChI is InChI=1S/C28H23F7N4O5/c1-26(2,41)17-11-19(37-23(21(17)30)13-4-6-16(29)7-5-13)27(42,28(33,34)35)12-36-24(40)15-8-14-10-20(44-25(31)32)38-39-22(14)18(9-15)43-3/h4-11,25,41-42H,12H2,1-3H3,(H,36,40)/t27-/m0/s1. The first kappa shape index (κ1) is 32.3. The van der Waals surface area contributed by atoms with E-state index >= 15 is 4.39 Å². The molecule has 0 fully saturated rings. The second-order valence-corrected chi connectivity index (χ2v) is 10.0. The van der Waals surface area contributed by atoms with E-state index in [4.69, 9.17) is 4.74 Å². The highest BCUT2D eigenvalue weighted by molar-refractivity contribution is 6.00. The Kier molecular flexibility index (Phi) is 8.71. The van der Waals surface area contributed by atoms with Gasteiger partial charge in [0.05, 0.1) is 24.9 Å². The lowest BCUT2D eigenvalue weighted by Gasteiger charge is -2.32. The highest BCUT2D eigenvalue weighted by Gasteiger charge is 2.57. The van der Waals surface area contributed by atoms with Gasteiger partial charge >= 0.3 is 12.8 Å². The number of carbonyl (C=O) groups is 1. The predicted octanol–water partition coefficient (Wildman–Crippen LogP) is 4.99. The van der Waals surface area contributed by atoms with Gasteiger partial charge in [-0.05, 0) is 56.3 Å². The molecular formula is C28H23F7N4O5. The zero-order chi connectivity index (χ0) is 32.6. The molecule has 4 aromatic rings. The number of alkyl halides is 5. The van der Waals surface area contributed by atoms with Crippen LogP contribution in [0.15, 0.2) is 48.5 Å². The van der Waals surface area contributed by atoms with Crippen LogP contribution in [0.5, 0.6) is 11.6 Å². The normalized spacial score (nSPS) is 13.6. The van der Waals surface area contributed by atoms with E-state index in [2.05, 4.69) is 19.9 Å². The predicted molar refractivity (Wildman–Crippen MR) is 140 cm³/mol. The van der Waals surface area contributed by atoms with Crippen LogP contribution in [0, 0.1) is 11.6 Å². The SMILES string of the molecule is COc1cc(C(=O)NC[C@](O)(c2cc(C(C)(C)O)c(F)c(-c3ccc(F)cc3)n2)C(F)(F)F)cc2cc(OC(F)F)nnc12. The molecule has 0 aliphatic rings. The smallest absolute Gasteiger partial charge is 0.424 e. The molecule has 234 valence electrons. The van der Waals surface area contributed by atoms with Crippen molar-refractivity contribution in [1.82, 2.24) is 20.5 Å². The van der Waals surface area contributed by atoms with Crippen LogP contribution in [0.1, 0.15) is 35.5 Å². The number of methoxy groups -OCH3 is 1. The number of carbonyl (C=O) groups excluding carboxylic acids is 1. The van der Waals surface area contributed by atoms with Crippen molar-refractivity contribution in [2.24, 2.45) is 0 Å². The molecule has 0 aliphatic carbocycles. The number of rotatable bonds is 9. The number of aromatic nitrogens is 3. The van der Waals surface area contributed by atoms with Gasteiger partial charge in [0.1, 0.15) is 22.8 Å². The Morgan fingerprint density at radius 3 is 2.23 bits per heavy atom. The zero-order valence-corrected chi connectivity index (χ0v) is 23.0. The maximum absolute atomic E-state index is 15.4. The Hall–Kier alpha value is -4.57. The van der Waals surface area contributed by atoms with Gasteiger partial charge in [0.15, 0.2) is 5.82 Å². The van der Waals surface area contributed by atoms with Gasteiger partial charge in [0.2, 0.25) is 11.5 Å². The summed E-state index contributed by atoms with van der Waals surface area (Å²) in [6, 6.07) is 7.60. The summed E-state index contributed by atoms with van der Waals surface area (Å²) in [5.41, 5.74) is -9.05. The number of fused-ring (bicyclic) bond motifs is 1. The largest absolute Gasteiger partial charge is 0.494 e. The minimum atomic E-state index is -5.51. The van der Waals surface area contributed by atoms with Crippen molar-refractivity contribution in [2.75, 3.05) is 13.7 Å². The lowest BCUT2D eigenvalue weighted by atomic mass is 9.90. The molecule has 44 heavy (non-hydrogen) atoms. The van der Waals surface area contributed by atoms with Gasteiger partial charge in [-0.3, -0.25) is 4.79 Å². The molecule has 3 N–H and O–H groups in total. The maximum Gasteiger partial charge on any atom is 0.424 e. The summed E-state index contributed by atoms with van der Waals surface area (Å²) in [6.45, 7) is -2.60. The average molecular weight is 629 g/mol. The van der Waals surface area contributed by atoms with E-state index in [0.717, 1.165) is 56.3 Å². The third-order valence-electron chi connectivity index (χ3n) is 6.46. The Morgan fingerprint density at radius 2 is 1.66 bits per heavy atom. The molecule has 0 radical (unpaired) electrons. The van der Waals surface area contributed by atoms with Crippen LogP contribution in [0.3, 0.4) is 0 Å². The van der Waals surface area contributed by atoms with Crippen molar-refractivity contribution in [2.45, 2.75) is 37.8 Å². The molecule has 9 nitrogen and oxygen atoms in total. The summed E-state index contributed by atoms with van der Waals surface area (Å²) in [6.07, 6.45) is -5.51. The zero-order valence-electron chi connectivity index (χ0n) is 23.0. The van der Waals surface area contributed by atoms with Crippen LogP contribution in [-0.2, 0) is 11.2 Å². The van der Waals surface area contributed by atoms with E-state index in [-0.39, 0.29) is 27.8 Å². The van der Waals surface area contributed by atoms with Gasteiger partial charge in [-0.15, -0.1) is 10.2 Å². The van der Waals surface area contributed by atoms with E-state index < -0.39 is 70.9 Å². The Labute approximate surface area is 244 Å². The van der Waals surface area contributed by atoms with E-state index in [0.29, 0.717) is 6.07 Å². The van der Waals surface area contributed by atoms with Crippen molar-refractivity contribution < 1.29 is 55.2 Å². The molecule has 2 aromatic heterocycles. The molecule has 0 unspecified atom stereocenters. The molecule has 0 saturated carbocycles. The first-order valence-electron chi connectivity index (χ1n) is 12.5. The van der Waals surface area contributed by atoms with Crippen LogP contribution in [-0.4, -0.2) is 57.7 Å². The second kappa shape index (κ2) is 11.8. The van der Waals surface area contributed by atoms with E-state index in [1.807, 2.05) is 5.32 Å². The molecule has 1 atom stereocenters. The summed E-state index contributed by atoms with van der Waals surface area (Å²) in [5.74, 6) is -3.82. The lowest BCUT2D eigenvalue weighted by molar-refractivity contribution is -0.265. The van der Waals surface area contributed by atoms with Crippen molar-refractivity contribution >= 4 is 16.8 Å². The number of benzene rings is 2. The highest BCUT2D eigenvalue weighted by Crippen LogP contribution is 2.41. The number of nitrogens with one attached hydrogen (secondary N) is 1. The Morgan fingerprint density at radius 1 is 1.00 bits per heavy atom. The van der Waals surface area contributed by atoms with Crippen LogP contribution < -0.4 is 14.8 Å². The summed E-state index contributed by atoms with van der Waals surface area (Å²) in [7, 11) is 1.18. The second-order valence-electron chi connectivity index (χ2n) is 10.0. The highest BCUT2D eigenvalue weighted by atomic mass is 19.4. The molecule has 0 aliphatic heterocycles. The molecule has 16 heteroatoms. The number of nitrogens with zero attached hydrogens (tertiary/aromatic N) is 3. The average Bonchev–Trinajstić information content (AvgIpc) is 2.94. The van der Waals surface area contributed by atoms with E-state index in [1.165, 1.54) is 7.11 Å². The number of ether oxygens (including phenoxy) is 2. The van der Waals surface area contributed by atoms with Crippen LogP contribution in [0.2, 0.25) is 0 Å². The third kappa shape index (κ3) is 6.50. The van der Waals surface area contributed by atoms with Gasteiger partial charge in [0, 0.05) is 28.1 Å². The summed E-state index contributed by atoms with van der Waals surface area (Å²) in [4.78, 5) is 16.7. The number of amides is 1. The lowest BCUT2D eigenvalue weighted by Crippen LogP contribution is -2.51. The third-order valence-corrected chi connectivity index (χ3v) is 6.46. The fourth-order valence-corrected chi connectivity index (χ4v) is 4.17. The van der Waals surface area contributed by atoms with E-state index in [9.17, 15) is 41.4 Å². The van der Waals surface area contributed by atoms with Gasteiger partial charge in [-0.1, -0.05) is 0 Å². The molecular weight excluding hydrogens is 605 g/mol. The van der Waals surface area contributed by atoms with Crippen molar-refractivity contribution in [3.8, 4) is 22.9 Å². The minimum Gasteiger partial charge on any atom is -0.494 e. The monoisotopic (exact) mass is 628 g/mol. The topological polar surface area (TPSA) is 127 Å². The van der Waals surface area contributed by atoms with Crippen molar-refractivity contribution in [3.63, 3.8) is 0 Å². The van der Waals surface area contributed by atoms with E-state index in [1.54, 1.807) is 0 Å².